The molecule has 8 nitrogen and oxygen atoms in total. The summed E-state index contributed by atoms with van der Waals surface area (Å²) in [6.07, 6.45) is 8.16. The van der Waals surface area contributed by atoms with Crippen LogP contribution in [0, 0.1) is 12.8 Å². The van der Waals surface area contributed by atoms with E-state index < -0.39 is 0 Å². The van der Waals surface area contributed by atoms with E-state index in [1.807, 2.05) is 6.92 Å². The highest BCUT2D eigenvalue weighted by Crippen LogP contribution is 2.27. The first-order valence-electron chi connectivity index (χ1n) is 11.2. The minimum Gasteiger partial charge on any atom is -0.356 e. The quantitative estimate of drug-likeness (QED) is 0.704. The van der Waals surface area contributed by atoms with Crippen LogP contribution in [-0.2, 0) is 4.79 Å². The van der Waals surface area contributed by atoms with Crippen molar-refractivity contribution in [1.82, 2.24) is 24.8 Å². The predicted octanol–water partition coefficient (Wildman–Crippen LogP) is 2.06. The van der Waals surface area contributed by atoms with Crippen LogP contribution in [0.2, 0.25) is 0 Å². The molecule has 1 unspecified atom stereocenters. The van der Waals surface area contributed by atoms with Gasteiger partial charge in [-0.25, -0.2) is 4.98 Å². The van der Waals surface area contributed by atoms with E-state index >= 15 is 0 Å². The molecular weight excluding hydrogens is 400 g/mol. The molecule has 4 rings (SSSR count). The fourth-order valence-electron chi connectivity index (χ4n) is 4.42. The van der Waals surface area contributed by atoms with E-state index in [4.69, 9.17) is 0 Å². The first kappa shape index (κ1) is 21.2. The molecule has 1 amide bonds. The summed E-state index contributed by atoms with van der Waals surface area (Å²) in [7, 11) is 0. The molecular formula is C21H32N6O2S. The summed E-state index contributed by atoms with van der Waals surface area (Å²) in [4.78, 5) is 34.5. The van der Waals surface area contributed by atoms with E-state index in [1.165, 1.54) is 60.7 Å². The molecule has 0 aromatic carbocycles. The summed E-state index contributed by atoms with van der Waals surface area (Å²) in [6.45, 7) is 7.53. The van der Waals surface area contributed by atoms with E-state index in [2.05, 4.69) is 25.2 Å². The molecule has 2 aromatic rings. The number of likely N-dealkylation sites (tertiary alicyclic amines) is 1. The highest BCUT2D eigenvalue weighted by molar-refractivity contribution is 7.20. The third-order valence-corrected chi connectivity index (χ3v) is 7.04. The van der Waals surface area contributed by atoms with Crippen LogP contribution >= 0.6 is 11.3 Å². The number of nitrogens with one attached hydrogen (secondary N) is 1. The van der Waals surface area contributed by atoms with Crippen LogP contribution in [0.5, 0.6) is 0 Å². The van der Waals surface area contributed by atoms with Crippen molar-refractivity contribution in [3.05, 3.63) is 22.1 Å². The molecule has 2 aliphatic heterocycles. The Hall–Kier alpha value is -2.00. The van der Waals surface area contributed by atoms with Crippen molar-refractivity contribution >= 4 is 27.3 Å². The van der Waals surface area contributed by atoms with Gasteiger partial charge in [0.15, 0.2) is 0 Å². The highest BCUT2D eigenvalue weighted by atomic mass is 32.1. The van der Waals surface area contributed by atoms with Crippen molar-refractivity contribution in [2.75, 3.05) is 44.2 Å². The van der Waals surface area contributed by atoms with Gasteiger partial charge in [0.2, 0.25) is 16.0 Å². The highest BCUT2D eigenvalue weighted by Gasteiger charge is 2.27. The van der Waals surface area contributed by atoms with Crippen molar-refractivity contribution in [1.29, 1.82) is 0 Å². The van der Waals surface area contributed by atoms with E-state index in [0.717, 1.165) is 44.0 Å². The number of amides is 1. The largest absolute Gasteiger partial charge is 0.356 e. The third kappa shape index (κ3) is 5.18. The lowest BCUT2D eigenvalue weighted by Crippen LogP contribution is -2.43. The monoisotopic (exact) mass is 432 g/mol. The number of hydrogen-bond acceptors (Lipinski definition) is 7. The number of rotatable bonds is 6. The lowest BCUT2D eigenvalue weighted by Gasteiger charge is -2.31. The van der Waals surface area contributed by atoms with E-state index in [0.29, 0.717) is 17.2 Å². The van der Waals surface area contributed by atoms with Crippen molar-refractivity contribution in [3.63, 3.8) is 0 Å². The van der Waals surface area contributed by atoms with Gasteiger partial charge in [-0.1, -0.05) is 24.2 Å². The van der Waals surface area contributed by atoms with Gasteiger partial charge in [-0.15, -0.1) is 5.10 Å². The molecule has 0 aliphatic carbocycles. The molecule has 164 valence electrons. The number of aryl methyl sites for hydroxylation is 1. The van der Waals surface area contributed by atoms with Gasteiger partial charge >= 0.3 is 0 Å². The number of anilines is 1. The number of fused-ring (bicyclic) bond motifs is 1. The molecule has 0 radical (unpaired) electrons. The Morgan fingerprint density at radius 3 is 2.80 bits per heavy atom. The average molecular weight is 433 g/mol. The SMILES string of the molecule is Cc1cc(=O)n2nc(N3CCCC(C(=O)NCCCN4CCCCCC4)C3)sc2n1. The Morgan fingerprint density at radius 1 is 1.20 bits per heavy atom. The van der Waals surface area contributed by atoms with Crippen LogP contribution in [0.3, 0.4) is 0 Å². The number of carbonyl (C=O) groups is 1. The zero-order valence-corrected chi connectivity index (χ0v) is 18.6. The summed E-state index contributed by atoms with van der Waals surface area (Å²) >= 11 is 1.41. The fourth-order valence-corrected chi connectivity index (χ4v) is 5.41. The topological polar surface area (TPSA) is 82.8 Å². The lowest BCUT2D eigenvalue weighted by molar-refractivity contribution is -0.125. The third-order valence-electron chi connectivity index (χ3n) is 6.07. The molecule has 4 heterocycles. The van der Waals surface area contributed by atoms with Gasteiger partial charge in [0, 0.05) is 31.4 Å². The van der Waals surface area contributed by atoms with Gasteiger partial charge in [-0.2, -0.15) is 4.52 Å². The summed E-state index contributed by atoms with van der Waals surface area (Å²) in [5.41, 5.74) is 0.544. The molecule has 2 aromatic heterocycles. The van der Waals surface area contributed by atoms with Gasteiger partial charge in [0.25, 0.3) is 5.56 Å². The standard InChI is InChI=1S/C21H32N6O2S/c1-16-14-18(28)27-20(23-16)30-21(24-27)26-13-6-8-17(15-26)19(29)22-9-7-12-25-10-4-2-3-5-11-25/h14,17H,2-13,15H2,1H3,(H,22,29). The van der Waals surface area contributed by atoms with Gasteiger partial charge in [-0.3, -0.25) is 9.59 Å². The Balaban J connectivity index is 1.28. The Kier molecular flexibility index (Phi) is 6.99. The molecule has 1 N–H and O–H groups in total. The van der Waals surface area contributed by atoms with E-state index in [1.54, 1.807) is 0 Å². The lowest BCUT2D eigenvalue weighted by atomic mass is 9.97. The van der Waals surface area contributed by atoms with Crippen molar-refractivity contribution in [3.8, 4) is 0 Å². The smallest absolute Gasteiger partial charge is 0.275 e. The van der Waals surface area contributed by atoms with Crippen LogP contribution in [-0.4, -0.2) is 64.7 Å². The second-order valence-electron chi connectivity index (χ2n) is 8.50. The summed E-state index contributed by atoms with van der Waals surface area (Å²) in [5, 5.41) is 8.37. The number of hydrogen-bond donors (Lipinski definition) is 1. The van der Waals surface area contributed by atoms with Gasteiger partial charge in [0.1, 0.15) is 0 Å². The van der Waals surface area contributed by atoms with Crippen molar-refractivity contribution < 1.29 is 4.79 Å². The van der Waals surface area contributed by atoms with E-state index in [9.17, 15) is 9.59 Å². The van der Waals surface area contributed by atoms with Gasteiger partial charge in [-0.05, 0) is 58.7 Å². The molecule has 2 fully saturated rings. The zero-order valence-electron chi connectivity index (χ0n) is 17.8. The molecule has 2 saturated heterocycles. The number of nitrogens with zero attached hydrogens (tertiary/aromatic N) is 5. The van der Waals surface area contributed by atoms with E-state index in [-0.39, 0.29) is 17.4 Å². The Morgan fingerprint density at radius 2 is 2.00 bits per heavy atom. The van der Waals surface area contributed by atoms with Crippen LogP contribution in [0.25, 0.3) is 4.96 Å². The molecule has 0 bridgehead atoms. The Labute approximate surface area is 181 Å². The maximum atomic E-state index is 12.7. The summed E-state index contributed by atoms with van der Waals surface area (Å²) in [6, 6.07) is 1.49. The minimum atomic E-state index is -0.157. The molecule has 0 saturated carbocycles. The van der Waals surface area contributed by atoms with Crippen molar-refractivity contribution in [2.24, 2.45) is 5.92 Å². The molecule has 1 atom stereocenters. The summed E-state index contributed by atoms with van der Waals surface area (Å²) < 4.78 is 1.36. The van der Waals surface area contributed by atoms with Crippen LogP contribution in [0.15, 0.2) is 10.9 Å². The van der Waals surface area contributed by atoms with Gasteiger partial charge in [0.05, 0.1) is 5.92 Å². The minimum absolute atomic E-state index is 0.0321. The van der Waals surface area contributed by atoms with Gasteiger partial charge < -0.3 is 15.1 Å². The Bertz CT molecular complexity index is 918. The second-order valence-corrected chi connectivity index (χ2v) is 9.43. The molecule has 9 heteroatoms. The number of aromatic nitrogens is 3. The first-order chi connectivity index (χ1) is 14.6. The van der Waals surface area contributed by atoms with Crippen molar-refractivity contribution in [2.45, 2.75) is 51.9 Å². The molecule has 0 spiro atoms. The first-order valence-corrected chi connectivity index (χ1v) is 12.0. The number of carbonyl (C=O) groups excluding carboxylic acids is 1. The van der Waals surface area contributed by atoms with Crippen LogP contribution < -0.4 is 15.8 Å². The molecule has 30 heavy (non-hydrogen) atoms. The predicted molar refractivity (Wildman–Crippen MR) is 119 cm³/mol. The maximum absolute atomic E-state index is 12.7. The maximum Gasteiger partial charge on any atom is 0.275 e. The fraction of sp³-hybridized carbons (Fsp3) is 0.714. The normalized spacial score (nSPS) is 21.0. The van der Waals surface area contributed by atoms with Crippen LogP contribution in [0.1, 0.15) is 50.6 Å². The summed E-state index contributed by atoms with van der Waals surface area (Å²) in [5.74, 6) is 0.109. The number of piperidine rings is 1. The van der Waals surface area contributed by atoms with Crippen LogP contribution in [0.4, 0.5) is 5.13 Å². The zero-order chi connectivity index (χ0) is 20.9. The second kappa shape index (κ2) is 9.87. The molecule has 2 aliphatic rings. The average Bonchev–Trinajstić information content (AvgIpc) is 3.00.